The highest BCUT2D eigenvalue weighted by Crippen LogP contribution is 2.18. The van der Waals surface area contributed by atoms with Gasteiger partial charge in [-0.3, -0.25) is 0 Å². The number of ether oxygens (including phenoxy) is 1. The molecule has 4 heteroatoms. The van der Waals surface area contributed by atoms with Crippen LogP contribution < -0.4 is 10.5 Å². The maximum Gasteiger partial charge on any atom is 0.121 e. The van der Waals surface area contributed by atoms with Gasteiger partial charge >= 0.3 is 0 Å². The van der Waals surface area contributed by atoms with Gasteiger partial charge in [0.25, 0.3) is 0 Å². The van der Waals surface area contributed by atoms with Crippen molar-refractivity contribution in [3.8, 4) is 5.75 Å². The minimum absolute atomic E-state index is 0.681. The van der Waals surface area contributed by atoms with Crippen LogP contribution in [0.1, 0.15) is 12.0 Å². The number of rotatable bonds is 5. The predicted octanol–water partition coefficient (Wildman–Crippen LogP) is 2.24. The van der Waals surface area contributed by atoms with Crippen molar-refractivity contribution in [3.63, 3.8) is 0 Å². The Bertz CT molecular complexity index is 466. The van der Waals surface area contributed by atoms with E-state index in [1.165, 1.54) is 0 Å². The van der Waals surface area contributed by atoms with Crippen molar-refractivity contribution in [1.29, 1.82) is 0 Å². The number of hydrogen-bond acceptors (Lipinski definition) is 3. The van der Waals surface area contributed by atoms with E-state index in [2.05, 4.69) is 4.98 Å². The van der Waals surface area contributed by atoms with Gasteiger partial charge in [-0.05, 0) is 25.0 Å². The van der Waals surface area contributed by atoms with Crippen LogP contribution in [0.15, 0.2) is 36.9 Å². The molecule has 4 nitrogen and oxygen atoms in total. The van der Waals surface area contributed by atoms with Crippen LogP contribution in [0, 0.1) is 6.92 Å². The molecule has 0 radical (unpaired) electrons. The smallest absolute Gasteiger partial charge is 0.121 e. The fourth-order valence-corrected chi connectivity index (χ4v) is 1.56. The number of imidazole rings is 1. The van der Waals surface area contributed by atoms with Gasteiger partial charge in [-0.15, -0.1) is 0 Å². The highest BCUT2D eigenvalue weighted by Gasteiger charge is 1.98. The fourth-order valence-electron chi connectivity index (χ4n) is 1.56. The van der Waals surface area contributed by atoms with Gasteiger partial charge < -0.3 is 15.0 Å². The van der Waals surface area contributed by atoms with Gasteiger partial charge in [-0.25, -0.2) is 4.98 Å². The summed E-state index contributed by atoms with van der Waals surface area (Å²) >= 11 is 0. The molecule has 0 aliphatic rings. The van der Waals surface area contributed by atoms with E-state index in [0.717, 1.165) is 30.0 Å². The molecule has 0 unspecified atom stereocenters. The van der Waals surface area contributed by atoms with Crippen molar-refractivity contribution in [1.82, 2.24) is 9.55 Å². The molecular weight excluding hydrogens is 214 g/mol. The maximum atomic E-state index is 5.81. The summed E-state index contributed by atoms with van der Waals surface area (Å²) in [6.07, 6.45) is 6.49. The summed E-state index contributed by atoms with van der Waals surface area (Å²) in [4.78, 5) is 3.99. The van der Waals surface area contributed by atoms with Crippen LogP contribution in [0.3, 0.4) is 0 Å². The first kappa shape index (κ1) is 11.5. The van der Waals surface area contributed by atoms with Gasteiger partial charge in [0.05, 0.1) is 12.9 Å². The van der Waals surface area contributed by atoms with Crippen LogP contribution in [-0.4, -0.2) is 16.2 Å². The highest BCUT2D eigenvalue weighted by atomic mass is 16.5. The molecular formula is C13H17N3O. The third-order valence-electron chi connectivity index (χ3n) is 2.64. The second-order valence-electron chi connectivity index (χ2n) is 4.02. The Balaban J connectivity index is 1.76. The molecule has 2 N–H and O–H groups in total. The summed E-state index contributed by atoms with van der Waals surface area (Å²) in [7, 11) is 0. The van der Waals surface area contributed by atoms with Gasteiger partial charge in [0.15, 0.2) is 0 Å². The Morgan fingerprint density at radius 2 is 2.29 bits per heavy atom. The number of nitrogen functional groups attached to an aromatic ring is 1. The molecule has 0 amide bonds. The molecule has 0 fully saturated rings. The molecule has 1 heterocycles. The number of nitrogens with zero attached hydrogens (tertiary/aromatic N) is 2. The topological polar surface area (TPSA) is 53.1 Å². The number of nitrogens with two attached hydrogens (primary N) is 1. The van der Waals surface area contributed by atoms with Crippen LogP contribution in [0.25, 0.3) is 0 Å². The Labute approximate surface area is 101 Å². The van der Waals surface area contributed by atoms with Gasteiger partial charge in [-0.1, -0.05) is 6.07 Å². The molecule has 1 aromatic heterocycles. The molecule has 1 aromatic carbocycles. The standard InChI is InChI=1S/C13H17N3O/c1-11-3-4-12(9-13(11)14)17-8-2-6-16-7-5-15-10-16/h3-5,7,9-10H,2,6,8,14H2,1H3. The Hall–Kier alpha value is -1.97. The summed E-state index contributed by atoms with van der Waals surface area (Å²) in [5.74, 6) is 0.832. The Morgan fingerprint density at radius 1 is 1.41 bits per heavy atom. The average Bonchev–Trinajstić information content (AvgIpc) is 2.82. The molecule has 0 saturated carbocycles. The van der Waals surface area contributed by atoms with E-state index in [-0.39, 0.29) is 0 Å². The van der Waals surface area contributed by atoms with E-state index in [4.69, 9.17) is 10.5 Å². The van der Waals surface area contributed by atoms with Crippen molar-refractivity contribution in [3.05, 3.63) is 42.5 Å². The maximum absolute atomic E-state index is 5.81. The number of anilines is 1. The van der Waals surface area contributed by atoms with Crippen molar-refractivity contribution in [2.24, 2.45) is 0 Å². The molecule has 0 bridgehead atoms. The van der Waals surface area contributed by atoms with E-state index in [9.17, 15) is 0 Å². The third-order valence-corrected chi connectivity index (χ3v) is 2.64. The van der Waals surface area contributed by atoms with Crippen molar-refractivity contribution in [2.75, 3.05) is 12.3 Å². The lowest BCUT2D eigenvalue weighted by Crippen LogP contribution is -2.03. The second-order valence-corrected chi connectivity index (χ2v) is 4.02. The largest absolute Gasteiger partial charge is 0.493 e. The van der Waals surface area contributed by atoms with Gasteiger partial charge in [0.1, 0.15) is 5.75 Å². The predicted molar refractivity (Wildman–Crippen MR) is 67.9 cm³/mol. The first-order valence-corrected chi connectivity index (χ1v) is 5.70. The molecule has 2 rings (SSSR count). The van der Waals surface area contributed by atoms with E-state index >= 15 is 0 Å². The van der Waals surface area contributed by atoms with E-state index in [1.807, 2.05) is 42.2 Å². The zero-order chi connectivity index (χ0) is 12.1. The molecule has 2 aromatic rings. The molecule has 17 heavy (non-hydrogen) atoms. The Morgan fingerprint density at radius 3 is 3.00 bits per heavy atom. The lowest BCUT2D eigenvalue weighted by atomic mass is 10.2. The minimum Gasteiger partial charge on any atom is -0.493 e. The van der Waals surface area contributed by atoms with Crippen LogP contribution in [0.2, 0.25) is 0 Å². The monoisotopic (exact) mass is 231 g/mol. The molecule has 0 spiro atoms. The number of hydrogen-bond donors (Lipinski definition) is 1. The number of aromatic nitrogens is 2. The van der Waals surface area contributed by atoms with Crippen LogP contribution >= 0.6 is 0 Å². The summed E-state index contributed by atoms with van der Waals surface area (Å²) in [5.41, 5.74) is 7.66. The van der Waals surface area contributed by atoms with Crippen molar-refractivity contribution < 1.29 is 4.74 Å². The summed E-state index contributed by atoms with van der Waals surface area (Å²) < 4.78 is 7.66. The van der Waals surface area contributed by atoms with Crippen molar-refractivity contribution in [2.45, 2.75) is 19.9 Å². The molecule has 0 aliphatic heterocycles. The Kier molecular flexibility index (Phi) is 3.65. The van der Waals surface area contributed by atoms with Crippen LogP contribution in [0.5, 0.6) is 5.75 Å². The SMILES string of the molecule is Cc1ccc(OCCCn2ccnc2)cc1N. The number of aryl methyl sites for hydroxylation is 2. The van der Waals surface area contributed by atoms with Gasteiger partial charge in [0, 0.05) is 30.7 Å². The van der Waals surface area contributed by atoms with E-state index < -0.39 is 0 Å². The molecule has 0 atom stereocenters. The third kappa shape index (κ3) is 3.24. The summed E-state index contributed by atoms with van der Waals surface area (Å²) in [5, 5.41) is 0. The molecule has 0 saturated heterocycles. The van der Waals surface area contributed by atoms with E-state index in [0.29, 0.717) is 6.61 Å². The van der Waals surface area contributed by atoms with Gasteiger partial charge in [0.2, 0.25) is 0 Å². The summed E-state index contributed by atoms with van der Waals surface area (Å²) in [6.45, 7) is 3.58. The zero-order valence-electron chi connectivity index (χ0n) is 9.97. The average molecular weight is 231 g/mol. The van der Waals surface area contributed by atoms with Gasteiger partial charge in [-0.2, -0.15) is 0 Å². The van der Waals surface area contributed by atoms with E-state index in [1.54, 1.807) is 6.20 Å². The van der Waals surface area contributed by atoms with Crippen LogP contribution in [0.4, 0.5) is 5.69 Å². The zero-order valence-corrected chi connectivity index (χ0v) is 9.97. The first-order valence-electron chi connectivity index (χ1n) is 5.70. The first-order chi connectivity index (χ1) is 8.25. The lowest BCUT2D eigenvalue weighted by molar-refractivity contribution is 0.302. The summed E-state index contributed by atoms with van der Waals surface area (Å²) in [6, 6.07) is 5.79. The normalized spacial score (nSPS) is 10.4. The quantitative estimate of drug-likeness (QED) is 0.634. The highest BCUT2D eigenvalue weighted by molar-refractivity contribution is 5.50. The van der Waals surface area contributed by atoms with Crippen LogP contribution in [-0.2, 0) is 6.54 Å². The second kappa shape index (κ2) is 5.39. The minimum atomic E-state index is 0.681. The fraction of sp³-hybridized carbons (Fsp3) is 0.308. The lowest BCUT2D eigenvalue weighted by Gasteiger charge is -2.08. The number of benzene rings is 1. The molecule has 0 aliphatic carbocycles. The van der Waals surface area contributed by atoms with Crippen molar-refractivity contribution >= 4 is 5.69 Å². The molecule has 90 valence electrons.